The van der Waals surface area contributed by atoms with E-state index in [1.165, 1.54) is 0 Å². The smallest absolute Gasteiger partial charge is 0.0595 e. The van der Waals surface area contributed by atoms with Gasteiger partial charge in [-0.15, -0.1) is 11.8 Å². The van der Waals surface area contributed by atoms with Gasteiger partial charge >= 0.3 is 0 Å². The molecule has 0 fully saturated rings. The molecule has 0 saturated carbocycles. The molecule has 0 aromatic heterocycles. The lowest BCUT2D eigenvalue weighted by Gasteiger charge is -2.17. The van der Waals surface area contributed by atoms with Crippen LogP contribution >= 0.6 is 23.2 Å². The summed E-state index contributed by atoms with van der Waals surface area (Å²) in [6.45, 7) is 3.15. The van der Waals surface area contributed by atoms with E-state index in [1.54, 1.807) is 6.07 Å². The van der Waals surface area contributed by atoms with Crippen LogP contribution in [0.1, 0.15) is 24.9 Å². The molecule has 1 aromatic carbocycles. The van der Waals surface area contributed by atoms with Crippen molar-refractivity contribution in [3.63, 3.8) is 0 Å². The van der Waals surface area contributed by atoms with Gasteiger partial charge in [-0.2, -0.15) is 0 Å². The molecule has 1 rings (SSSR count). The van der Waals surface area contributed by atoms with Gasteiger partial charge in [0.2, 0.25) is 0 Å². The van der Waals surface area contributed by atoms with Gasteiger partial charge in [-0.25, -0.2) is 0 Å². The van der Waals surface area contributed by atoms with Crippen molar-refractivity contribution in [1.29, 1.82) is 0 Å². The van der Waals surface area contributed by atoms with E-state index in [0.717, 1.165) is 18.5 Å². The van der Waals surface area contributed by atoms with Crippen LogP contribution in [0.5, 0.6) is 0 Å². The standard InChI is InChI=1S/C13H16Cl2N2/c1-2-3-4-7-17-13(9-16)10-5-6-11(14)12(15)8-10/h5-6,8,13,17H,4,7,9,16H2,1H3. The Morgan fingerprint density at radius 1 is 1.35 bits per heavy atom. The van der Waals surface area contributed by atoms with Gasteiger partial charge in [0, 0.05) is 25.6 Å². The highest BCUT2D eigenvalue weighted by atomic mass is 35.5. The zero-order chi connectivity index (χ0) is 12.7. The number of rotatable bonds is 5. The molecule has 3 N–H and O–H groups in total. The Morgan fingerprint density at radius 2 is 2.12 bits per heavy atom. The number of nitrogens with two attached hydrogens (primary N) is 1. The second-order valence-electron chi connectivity index (χ2n) is 3.59. The highest BCUT2D eigenvalue weighted by Crippen LogP contribution is 2.25. The molecule has 17 heavy (non-hydrogen) atoms. The normalized spacial score (nSPS) is 11.8. The summed E-state index contributed by atoms with van der Waals surface area (Å²) in [5, 5.41) is 4.45. The van der Waals surface area contributed by atoms with E-state index in [2.05, 4.69) is 17.2 Å². The van der Waals surface area contributed by atoms with Crippen LogP contribution in [0.25, 0.3) is 0 Å². The topological polar surface area (TPSA) is 38.0 Å². The number of benzene rings is 1. The maximum atomic E-state index is 5.98. The van der Waals surface area contributed by atoms with Crippen LogP contribution < -0.4 is 11.1 Å². The summed E-state index contributed by atoms with van der Waals surface area (Å²) < 4.78 is 0. The summed E-state index contributed by atoms with van der Waals surface area (Å²) in [5.41, 5.74) is 6.78. The molecule has 0 spiro atoms. The fourth-order valence-electron chi connectivity index (χ4n) is 1.50. The van der Waals surface area contributed by atoms with Crippen LogP contribution in [0.4, 0.5) is 0 Å². The van der Waals surface area contributed by atoms with Crippen LogP contribution in [0.15, 0.2) is 18.2 Å². The Kier molecular flexibility index (Phi) is 6.39. The van der Waals surface area contributed by atoms with Crippen molar-refractivity contribution in [3.8, 4) is 11.8 Å². The predicted molar refractivity (Wildman–Crippen MR) is 74.3 cm³/mol. The Balaban J connectivity index is 2.64. The van der Waals surface area contributed by atoms with E-state index in [4.69, 9.17) is 28.9 Å². The van der Waals surface area contributed by atoms with E-state index in [9.17, 15) is 0 Å². The second-order valence-corrected chi connectivity index (χ2v) is 4.41. The minimum atomic E-state index is 0.0865. The van der Waals surface area contributed by atoms with Crippen molar-refractivity contribution in [2.24, 2.45) is 5.73 Å². The lowest BCUT2D eigenvalue weighted by molar-refractivity contribution is 0.550. The monoisotopic (exact) mass is 270 g/mol. The Bertz CT molecular complexity index is 421. The molecule has 4 heteroatoms. The molecular formula is C13H16Cl2N2. The third-order valence-corrected chi connectivity index (χ3v) is 3.14. The van der Waals surface area contributed by atoms with Crippen LogP contribution in [-0.4, -0.2) is 13.1 Å². The fraction of sp³-hybridized carbons (Fsp3) is 0.385. The molecule has 1 atom stereocenters. The Labute approximate surface area is 112 Å². The minimum absolute atomic E-state index is 0.0865. The van der Waals surface area contributed by atoms with E-state index >= 15 is 0 Å². The maximum absolute atomic E-state index is 5.98. The molecule has 2 nitrogen and oxygen atoms in total. The first kappa shape index (κ1) is 14.3. The quantitative estimate of drug-likeness (QED) is 0.638. The van der Waals surface area contributed by atoms with E-state index in [-0.39, 0.29) is 6.04 Å². The van der Waals surface area contributed by atoms with Crippen LogP contribution in [0.2, 0.25) is 10.0 Å². The number of nitrogens with one attached hydrogen (secondary N) is 1. The Hall–Kier alpha value is -0.720. The lowest BCUT2D eigenvalue weighted by atomic mass is 10.1. The summed E-state index contributed by atoms with van der Waals surface area (Å²) >= 11 is 11.8. The third-order valence-electron chi connectivity index (χ3n) is 2.40. The first-order valence-corrected chi connectivity index (χ1v) is 6.22. The fourth-order valence-corrected chi connectivity index (χ4v) is 1.81. The third kappa shape index (κ3) is 4.57. The summed E-state index contributed by atoms with van der Waals surface area (Å²) in [4.78, 5) is 0. The summed E-state index contributed by atoms with van der Waals surface area (Å²) in [6, 6.07) is 5.66. The molecule has 1 unspecified atom stereocenters. The summed E-state index contributed by atoms with van der Waals surface area (Å²) in [5.74, 6) is 5.86. The first-order valence-electron chi connectivity index (χ1n) is 5.47. The van der Waals surface area contributed by atoms with Gasteiger partial charge in [-0.1, -0.05) is 29.3 Å². The van der Waals surface area contributed by atoms with Gasteiger partial charge in [0.1, 0.15) is 0 Å². The van der Waals surface area contributed by atoms with Gasteiger partial charge in [-0.3, -0.25) is 0 Å². The molecule has 0 amide bonds. The van der Waals surface area contributed by atoms with Crippen LogP contribution in [0.3, 0.4) is 0 Å². The SMILES string of the molecule is CC#CCCNC(CN)c1ccc(Cl)c(Cl)c1. The van der Waals surface area contributed by atoms with E-state index < -0.39 is 0 Å². The Morgan fingerprint density at radius 3 is 2.71 bits per heavy atom. The molecule has 0 radical (unpaired) electrons. The largest absolute Gasteiger partial charge is 0.329 e. The van der Waals surface area contributed by atoms with Crippen molar-refractivity contribution in [3.05, 3.63) is 33.8 Å². The van der Waals surface area contributed by atoms with Crippen LogP contribution in [-0.2, 0) is 0 Å². The minimum Gasteiger partial charge on any atom is -0.329 e. The molecule has 92 valence electrons. The van der Waals surface area contributed by atoms with Crippen molar-refractivity contribution in [2.75, 3.05) is 13.1 Å². The van der Waals surface area contributed by atoms with Crippen LogP contribution in [0, 0.1) is 11.8 Å². The second kappa shape index (κ2) is 7.58. The zero-order valence-electron chi connectivity index (χ0n) is 9.76. The molecule has 0 bridgehead atoms. The average Bonchev–Trinajstić information content (AvgIpc) is 2.33. The van der Waals surface area contributed by atoms with Gasteiger partial charge in [0.25, 0.3) is 0 Å². The van der Waals surface area contributed by atoms with Gasteiger partial charge in [0.05, 0.1) is 10.0 Å². The molecule has 0 heterocycles. The van der Waals surface area contributed by atoms with Crippen molar-refractivity contribution >= 4 is 23.2 Å². The molecular weight excluding hydrogens is 255 g/mol. The molecule has 0 aliphatic rings. The number of hydrogen-bond donors (Lipinski definition) is 2. The van der Waals surface area contributed by atoms with Crippen molar-refractivity contribution in [2.45, 2.75) is 19.4 Å². The van der Waals surface area contributed by atoms with Gasteiger partial charge in [0.15, 0.2) is 0 Å². The maximum Gasteiger partial charge on any atom is 0.0595 e. The van der Waals surface area contributed by atoms with Crippen molar-refractivity contribution in [1.82, 2.24) is 5.32 Å². The molecule has 0 aliphatic carbocycles. The lowest BCUT2D eigenvalue weighted by Crippen LogP contribution is -2.28. The first-order chi connectivity index (χ1) is 8.19. The predicted octanol–water partition coefficient (Wildman–Crippen LogP) is 3.00. The molecule has 0 saturated heterocycles. The van der Waals surface area contributed by atoms with E-state index in [1.807, 2.05) is 19.1 Å². The summed E-state index contributed by atoms with van der Waals surface area (Å²) in [6.07, 6.45) is 0.814. The average molecular weight is 271 g/mol. The molecule has 0 aliphatic heterocycles. The van der Waals surface area contributed by atoms with Crippen molar-refractivity contribution < 1.29 is 0 Å². The van der Waals surface area contributed by atoms with E-state index in [0.29, 0.717) is 16.6 Å². The molecule has 1 aromatic rings. The highest BCUT2D eigenvalue weighted by Gasteiger charge is 2.09. The number of hydrogen-bond acceptors (Lipinski definition) is 2. The highest BCUT2D eigenvalue weighted by molar-refractivity contribution is 6.42. The van der Waals surface area contributed by atoms with Gasteiger partial charge < -0.3 is 11.1 Å². The number of halogens is 2. The van der Waals surface area contributed by atoms with Gasteiger partial charge in [-0.05, 0) is 24.6 Å². The summed E-state index contributed by atoms with van der Waals surface area (Å²) in [7, 11) is 0. The zero-order valence-corrected chi connectivity index (χ0v) is 11.3.